The maximum Gasteiger partial charge on any atom is 0.115 e. The van der Waals surface area contributed by atoms with Crippen LogP contribution in [0.2, 0.25) is 0 Å². The van der Waals surface area contributed by atoms with E-state index >= 15 is 0 Å². The smallest absolute Gasteiger partial charge is 0.115 e. The SMILES string of the molecule is C[C@]12c3ccccc3[C@]3(C)c4ccc(O)cc4[C@](C)(c4ccccc41)[C@]23C. The zero-order chi connectivity index (χ0) is 18.8. The van der Waals surface area contributed by atoms with Gasteiger partial charge in [-0.3, -0.25) is 0 Å². The first-order valence-electron chi connectivity index (χ1n) is 9.87. The predicted octanol–water partition coefficient (Wildman–Crippen LogP) is 5.66. The van der Waals surface area contributed by atoms with E-state index in [4.69, 9.17) is 0 Å². The third-order valence-electron chi connectivity index (χ3n) is 9.09. The maximum atomic E-state index is 10.4. The van der Waals surface area contributed by atoms with Crippen LogP contribution in [0.5, 0.6) is 5.75 Å². The van der Waals surface area contributed by atoms with Crippen LogP contribution >= 0.6 is 0 Å². The van der Waals surface area contributed by atoms with E-state index in [2.05, 4.69) is 82.3 Å². The van der Waals surface area contributed by atoms with Crippen LogP contribution in [0.4, 0.5) is 0 Å². The predicted molar refractivity (Wildman–Crippen MR) is 108 cm³/mol. The molecule has 0 aromatic heterocycles. The lowest BCUT2D eigenvalue weighted by molar-refractivity contribution is 0.0997. The summed E-state index contributed by atoms with van der Waals surface area (Å²) in [5, 5.41) is 10.4. The third kappa shape index (κ3) is 1.19. The number of hydrogen-bond acceptors (Lipinski definition) is 1. The lowest BCUT2D eigenvalue weighted by atomic mass is 9.52. The van der Waals surface area contributed by atoms with Gasteiger partial charge in [0.2, 0.25) is 0 Å². The summed E-state index contributed by atoms with van der Waals surface area (Å²) in [5.74, 6) is 0.363. The van der Waals surface area contributed by atoms with Crippen LogP contribution in [0, 0.1) is 5.41 Å². The Morgan fingerprint density at radius 3 is 1.33 bits per heavy atom. The van der Waals surface area contributed by atoms with Gasteiger partial charge in [-0.2, -0.15) is 0 Å². The number of rotatable bonds is 0. The largest absolute Gasteiger partial charge is 0.508 e. The fourth-order valence-electron chi connectivity index (χ4n) is 7.64. The standard InChI is InChI=1S/C26H24O/c1-23-17-9-5-6-10-18(17)24(2)21-14-13-16(27)15-22(21)25(3,26(23,24)4)20-12-8-7-11-19(20)23/h5-15,27H,1-4H3/t23-,24+,25-,26+/m0/s1. The molecule has 3 aliphatic rings. The van der Waals surface area contributed by atoms with E-state index in [9.17, 15) is 5.11 Å². The monoisotopic (exact) mass is 352 g/mol. The lowest BCUT2D eigenvalue weighted by Crippen LogP contribution is -2.51. The van der Waals surface area contributed by atoms with Crippen molar-refractivity contribution in [2.45, 2.75) is 43.9 Å². The highest BCUT2D eigenvalue weighted by atomic mass is 16.3. The summed E-state index contributed by atoms with van der Waals surface area (Å²) in [6.45, 7) is 9.79. The minimum Gasteiger partial charge on any atom is -0.508 e. The van der Waals surface area contributed by atoms with Crippen LogP contribution < -0.4 is 0 Å². The van der Waals surface area contributed by atoms with Crippen molar-refractivity contribution in [1.29, 1.82) is 0 Å². The van der Waals surface area contributed by atoms with Crippen molar-refractivity contribution in [3.05, 3.63) is 100 Å². The Kier molecular flexibility index (Phi) is 2.38. The molecular formula is C26H24O. The number of fused-ring (bicyclic) bond motifs is 9. The first-order chi connectivity index (χ1) is 12.8. The van der Waals surface area contributed by atoms with Gasteiger partial charge in [-0.25, -0.2) is 0 Å². The van der Waals surface area contributed by atoms with Crippen molar-refractivity contribution >= 4 is 0 Å². The van der Waals surface area contributed by atoms with Gasteiger partial charge in [-0.15, -0.1) is 0 Å². The van der Waals surface area contributed by atoms with Crippen LogP contribution in [0.3, 0.4) is 0 Å². The van der Waals surface area contributed by atoms with Crippen LogP contribution in [0.1, 0.15) is 61.1 Å². The lowest BCUT2D eigenvalue weighted by Gasteiger charge is -2.49. The fraction of sp³-hybridized carbons (Fsp3) is 0.308. The minimum absolute atomic E-state index is 0.0451. The van der Waals surface area contributed by atoms with Gasteiger partial charge < -0.3 is 5.11 Å². The zero-order valence-corrected chi connectivity index (χ0v) is 16.3. The van der Waals surface area contributed by atoms with Crippen molar-refractivity contribution in [1.82, 2.24) is 0 Å². The molecule has 0 spiro atoms. The Hall–Kier alpha value is -2.54. The molecule has 0 heterocycles. The molecule has 3 aliphatic carbocycles. The molecule has 0 saturated carbocycles. The van der Waals surface area contributed by atoms with E-state index in [0.29, 0.717) is 5.75 Å². The van der Waals surface area contributed by atoms with Gasteiger partial charge in [-0.1, -0.05) is 82.3 Å². The third-order valence-corrected chi connectivity index (χ3v) is 9.09. The summed E-state index contributed by atoms with van der Waals surface area (Å²) < 4.78 is 0. The quantitative estimate of drug-likeness (QED) is 0.554. The second-order valence-electron chi connectivity index (χ2n) is 9.32. The molecule has 27 heavy (non-hydrogen) atoms. The molecule has 3 aromatic carbocycles. The van der Waals surface area contributed by atoms with Gasteiger partial charge in [0, 0.05) is 21.7 Å². The summed E-state index contributed by atoms with van der Waals surface area (Å²) >= 11 is 0. The van der Waals surface area contributed by atoms with Crippen LogP contribution in [0.25, 0.3) is 0 Å². The molecule has 0 aliphatic heterocycles. The molecule has 3 aromatic rings. The van der Waals surface area contributed by atoms with Crippen LogP contribution in [-0.4, -0.2) is 5.11 Å². The van der Waals surface area contributed by atoms with Crippen molar-refractivity contribution in [2.24, 2.45) is 5.41 Å². The van der Waals surface area contributed by atoms with Gasteiger partial charge in [0.15, 0.2) is 0 Å². The van der Waals surface area contributed by atoms with Crippen LogP contribution in [-0.2, 0) is 16.2 Å². The highest BCUT2D eigenvalue weighted by molar-refractivity contribution is 5.76. The van der Waals surface area contributed by atoms with Crippen molar-refractivity contribution < 1.29 is 5.11 Å². The summed E-state index contributed by atoms with van der Waals surface area (Å²) in [7, 11) is 0. The van der Waals surface area contributed by atoms with E-state index in [1.54, 1.807) is 0 Å². The van der Waals surface area contributed by atoms with E-state index in [0.717, 1.165) is 0 Å². The molecule has 0 amide bonds. The minimum atomic E-state index is -0.153. The Bertz CT molecular complexity index is 1150. The second kappa shape index (κ2) is 4.14. The average Bonchev–Trinajstić information content (AvgIpc) is 3.04. The van der Waals surface area contributed by atoms with Gasteiger partial charge in [0.05, 0.1) is 0 Å². The van der Waals surface area contributed by atoms with Gasteiger partial charge in [0.1, 0.15) is 5.75 Å². The molecule has 134 valence electrons. The van der Waals surface area contributed by atoms with Gasteiger partial charge in [-0.05, 0) is 45.5 Å². The summed E-state index contributed by atoms with van der Waals surface area (Å²) in [6, 6.07) is 24.1. The number of phenols is 1. The molecule has 0 radical (unpaired) electrons. The summed E-state index contributed by atoms with van der Waals surface area (Å²) in [6.07, 6.45) is 0. The summed E-state index contributed by atoms with van der Waals surface area (Å²) in [5.41, 5.74) is 8.06. The molecule has 1 N–H and O–H groups in total. The molecule has 0 bridgehead atoms. The van der Waals surface area contributed by atoms with Crippen molar-refractivity contribution in [3.63, 3.8) is 0 Å². The molecule has 0 unspecified atom stereocenters. The Balaban J connectivity index is 1.92. The average molecular weight is 352 g/mol. The van der Waals surface area contributed by atoms with E-state index in [1.807, 2.05) is 12.1 Å². The zero-order valence-electron chi connectivity index (χ0n) is 16.3. The Morgan fingerprint density at radius 2 is 0.889 bits per heavy atom. The van der Waals surface area contributed by atoms with Gasteiger partial charge in [0.25, 0.3) is 0 Å². The van der Waals surface area contributed by atoms with Crippen molar-refractivity contribution in [3.8, 4) is 5.75 Å². The number of phenolic OH excluding ortho intramolecular Hbond substituents is 1. The topological polar surface area (TPSA) is 20.2 Å². The first kappa shape index (κ1) is 15.5. The fourth-order valence-corrected chi connectivity index (χ4v) is 7.64. The molecule has 1 heteroatoms. The first-order valence-corrected chi connectivity index (χ1v) is 9.87. The second-order valence-corrected chi connectivity index (χ2v) is 9.32. The molecule has 0 saturated heterocycles. The summed E-state index contributed by atoms with van der Waals surface area (Å²) in [4.78, 5) is 0. The normalized spacial score (nSPS) is 36.9. The van der Waals surface area contributed by atoms with Gasteiger partial charge >= 0.3 is 0 Å². The maximum absolute atomic E-state index is 10.4. The van der Waals surface area contributed by atoms with Crippen molar-refractivity contribution in [2.75, 3.05) is 0 Å². The highest BCUT2D eigenvalue weighted by Crippen LogP contribution is 2.82. The molecular weight excluding hydrogens is 328 g/mol. The van der Waals surface area contributed by atoms with Crippen LogP contribution in [0.15, 0.2) is 66.7 Å². The number of aromatic hydroxyl groups is 1. The molecule has 6 rings (SSSR count). The van der Waals surface area contributed by atoms with E-state index in [-0.39, 0.29) is 21.7 Å². The number of hydrogen-bond donors (Lipinski definition) is 1. The highest BCUT2D eigenvalue weighted by Gasteiger charge is 2.79. The molecule has 0 fully saturated rings. The van der Waals surface area contributed by atoms with E-state index in [1.165, 1.54) is 33.4 Å². The van der Waals surface area contributed by atoms with E-state index < -0.39 is 0 Å². The molecule has 1 nitrogen and oxygen atoms in total. The molecule has 4 atom stereocenters. The number of benzene rings is 3. The Morgan fingerprint density at radius 1 is 0.519 bits per heavy atom. The Labute approximate surface area is 160 Å².